The second-order valence-electron chi connectivity index (χ2n) is 7.21. The molecule has 0 spiro atoms. The first-order valence-electron chi connectivity index (χ1n) is 9.97. The fraction of sp³-hybridized carbons (Fsp3) is 0.545. The Labute approximate surface area is 207 Å². The van der Waals surface area contributed by atoms with Gasteiger partial charge in [0.15, 0.2) is 0 Å². The molecule has 0 aliphatic rings. The van der Waals surface area contributed by atoms with Crippen molar-refractivity contribution in [3.63, 3.8) is 0 Å². The van der Waals surface area contributed by atoms with E-state index in [4.69, 9.17) is 0 Å². The Kier molecular flexibility index (Phi) is 11.9. The first-order chi connectivity index (χ1) is 12.5. The average molecular weight is 415 g/mol. The van der Waals surface area contributed by atoms with E-state index in [1.165, 1.54) is 43.7 Å². The summed E-state index contributed by atoms with van der Waals surface area (Å²) in [6.07, 6.45) is 11.3. The molecule has 0 fully saturated rings. The van der Waals surface area contributed by atoms with Crippen LogP contribution in [0.5, 0.6) is 0 Å². The fourth-order valence-electron chi connectivity index (χ4n) is 3.46. The second kappa shape index (κ2) is 12.7. The van der Waals surface area contributed by atoms with Gasteiger partial charge in [-0.3, -0.25) is 0 Å². The van der Waals surface area contributed by atoms with Crippen molar-refractivity contribution in [1.82, 2.24) is 0 Å². The van der Waals surface area contributed by atoms with Crippen molar-refractivity contribution in [3.8, 4) is 0 Å². The molecule has 3 nitrogen and oxygen atoms in total. The molecule has 0 saturated carbocycles. The van der Waals surface area contributed by atoms with Gasteiger partial charge in [-0.25, -0.2) is 8.42 Å². The van der Waals surface area contributed by atoms with Crippen LogP contribution >= 0.6 is 0 Å². The van der Waals surface area contributed by atoms with Crippen LogP contribution in [0.4, 0.5) is 0 Å². The molecule has 0 atom stereocenters. The Morgan fingerprint density at radius 3 is 2.04 bits per heavy atom. The van der Waals surface area contributed by atoms with Gasteiger partial charge < -0.3 is 4.55 Å². The molecule has 0 aromatic heterocycles. The smallest absolute Gasteiger partial charge is 0.744 e. The number of unbranched alkanes of at least 4 members (excludes halogenated alkanes) is 6. The predicted molar refractivity (Wildman–Crippen MR) is 108 cm³/mol. The van der Waals surface area contributed by atoms with Crippen LogP contribution in [-0.4, -0.2) is 13.0 Å². The normalized spacial score (nSPS) is 11.5. The third-order valence-electron chi connectivity index (χ3n) is 4.99. The number of rotatable bonds is 11. The van der Waals surface area contributed by atoms with Gasteiger partial charge in [0.2, 0.25) is 0 Å². The summed E-state index contributed by atoms with van der Waals surface area (Å²) in [6.45, 7) is 4.38. The number of benzene rings is 2. The van der Waals surface area contributed by atoms with Crippen LogP contribution in [0.15, 0.2) is 35.2 Å². The van der Waals surface area contributed by atoms with E-state index >= 15 is 0 Å². The van der Waals surface area contributed by atoms with Crippen LogP contribution in [0.2, 0.25) is 0 Å². The third kappa shape index (κ3) is 8.25. The summed E-state index contributed by atoms with van der Waals surface area (Å²) < 4.78 is 34.6. The molecule has 27 heavy (non-hydrogen) atoms. The summed E-state index contributed by atoms with van der Waals surface area (Å²) in [7, 11) is -4.43. The number of hydrogen-bond donors (Lipinski definition) is 0. The van der Waals surface area contributed by atoms with Gasteiger partial charge in [0, 0.05) is 0 Å². The quantitative estimate of drug-likeness (QED) is 0.323. The van der Waals surface area contributed by atoms with Crippen molar-refractivity contribution >= 4 is 20.9 Å². The van der Waals surface area contributed by atoms with Gasteiger partial charge in [-0.05, 0) is 59.7 Å². The van der Waals surface area contributed by atoms with E-state index in [1.54, 1.807) is 6.07 Å². The summed E-state index contributed by atoms with van der Waals surface area (Å²) in [4.78, 5) is -0.105. The predicted octanol–water partition coefficient (Wildman–Crippen LogP) is 2.99. The molecule has 0 saturated heterocycles. The third-order valence-corrected chi connectivity index (χ3v) is 5.80. The van der Waals surface area contributed by atoms with Crippen LogP contribution in [0.3, 0.4) is 0 Å². The molecule has 5 heteroatoms. The molecule has 0 N–H and O–H groups in total. The minimum atomic E-state index is -4.43. The molecule has 2 aromatic carbocycles. The van der Waals surface area contributed by atoms with Crippen molar-refractivity contribution in [2.75, 3.05) is 0 Å². The van der Waals surface area contributed by atoms with Crippen molar-refractivity contribution < 1.29 is 64.4 Å². The van der Waals surface area contributed by atoms with Gasteiger partial charge in [-0.2, -0.15) is 0 Å². The monoisotopic (exact) mass is 414 g/mol. The molecule has 2 aromatic rings. The van der Waals surface area contributed by atoms with Crippen LogP contribution < -0.4 is 51.4 Å². The van der Waals surface area contributed by atoms with Crippen LogP contribution in [-0.2, 0) is 23.0 Å². The van der Waals surface area contributed by atoms with Gasteiger partial charge in [-0.1, -0.05) is 70.6 Å². The summed E-state index contributed by atoms with van der Waals surface area (Å²) >= 11 is 0. The molecule has 0 aliphatic carbocycles. The van der Waals surface area contributed by atoms with E-state index in [1.807, 2.05) is 6.07 Å². The molecule has 0 radical (unpaired) electrons. The largest absolute Gasteiger partial charge is 1.00 e. The summed E-state index contributed by atoms with van der Waals surface area (Å²) in [6, 6.07) is 9.34. The minimum Gasteiger partial charge on any atom is -0.744 e. The topological polar surface area (TPSA) is 57.2 Å². The van der Waals surface area contributed by atoms with Crippen LogP contribution in [0.25, 0.3) is 10.8 Å². The molecular formula is C22H31KO3S. The minimum absolute atomic E-state index is 0. The first-order valence-corrected chi connectivity index (χ1v) is 11.4. The van der Waals surface area contributed by atoms with Gasteiger partial charge in [-0.15, -0.1) is 0 Å². The number of hydrogen-bond acceptors (Lipinski definition) is 3. The SMILES string of the molecule is CCCCCCc1ccc2cc(S(=O)(=O)[O-])cc(CCCCCC)c2c1.[K+]. The molecule has 144 valence electrons. The van der Waals surface area contributed by atoms with E-state index in [0.29, 0.717) is 0 Å². The summed E-state index contributed by atoms with van der Waals surface area (Å²) in [5.41, 5.74) is 2.28. The molecule has 0 amide bonds. The maximum absolute atomic E-state index is 11.5. The number of aryl methyl sites for hydroxylation is 2. The number of fused-ring (bicyclic) bond motifs is 1. The Bertz CT molecular complexity index is 816. The Morgan fingerprint density at radius 2 is 1.44 bits per heavy atom. The van der Waals surface area contributed by atoms with Crippen LogP contribution in [0.1, 0.15) is 76.3 Å². The average Bonchev–Trinajstić information content (AvgIpc) is 2.61. The zero-order chi connectivity index (χ0) is 19.0. The van der Waals surface area contributed by atoms with Gasteiger partial charge in [0.05, 0.1) is 4.90 Å². The van der Waals surface area contributed by atoms with Gasteiger partial charge in [0.1, 0.15) is 10.1 Å². The van der Waals surface area contributed by atoms with Gasteiger partial charge >= 0.3 is 51.4 Å². The van der Waals surface area contributed by atoms with Crippen molar-refractivity contribution in [2.45, 2.75) is 83.0 Å². The summed E-state index contributed by atoms with van der Waals surface area (Å²) in [5.74, 6) is 0. The molecular weight excluding hydrogens is 383 g/mol. The molecule has 2 rings (SSSR count). The summed E-state index contributed by atoms with van der Waals surface area (Å²) in [5, 5.41) is 1.95. The van der Waals surface area contributed by atoms with E-state index in [2.05, 4.69) is 26.0 Å². The zero-order valence-electron chi connectivity index (χ0n) is 17.1. The second-order valence-corrected chi connectivity index (χ2v) is 8.59. The van der Waals surface area contributed by atoms with Gasteiger partial charge in [0.25, 0.3) is 0 Å². The van der Waals surface area contributed by atoms with E-state index < -0.39 is 10.1 Å². The standard InChI is InChI=1S/C22H32O3S.K/c1-3-5-7-9-11-18-13-14-20-17-21(26(23,24)25)16-19(22(20)15-18)12-10-8-6-4-2;/h13-17H,3-12H2,1-2H3,(H,23,24,25);/q;+1/p-1. The van der Waals surface area contributed by atoms with E-state index in [-0.39, 0.29) is 56.3 Å². The molecule has 0 unspecified atom stereocenters. The maximum Gasteiger partial charge on any atom is 1.00 e. The van der Waals surface area contributed by atoms with Crippen molar-refractivity contribution in [3.05, 3.63) is 41.5 Å². The molecule has 0 aliphatic heterocycles. The van der Waals surface area contributed by atoms with Crippen LogP contribution in [0, 0.1) is 0 Å². The van der Waals surface area contributed by atoms with E-state index in [0.717, 1.165) is 48.4 Å². The van der Waals surface area contributed by atoms with Crippen molar-refractivity contribution in [2.24, 2.45) is 0 Å². The first kappa shape index (κ1) is 25.3. The Balaban J connectivity index is 0.00000364. The fourth-order valence-corrected chi connectivity index (χ4v) is 4.01. The Hall–Kier alpha value is 0.246. The maximum atomic E-state index is 11.5. The van der Waals surface area contributed by atoms with Crippen molar-refractivity contribution in [1.29, 1.82) is 0 Å². The Morgan fingerprint density at radius 1 is 0.815 bits per heavy atom. The zero-order valence-corrected chi connectivity index (χ0v) is 21.0. The molecule has 0 bridgehead atoms. The molecule has 0 heterocycles. The van der Waals surface area contributed by atoms with E-state index in [9.17, 15) is 13.0 Å².